The third kappa shape index (κ3) is 6.43. The van der Waals surface area contributed by atoms with Gasteiger partial charge < -0.3 is 31.5 Å². The fraction of sp³-hybridized carbons (Fsp3) is 0.480. The zero-order valence-corrected chi connectivity index (χ0v) is 23.1. The van der Waals surface area contributed by atoms with E-state index in [1.165, 1.54) is 34.4 Å². The fourth-order valence-electron chi connectivity index (χ4n) is 4.79. The second-order valence-corrected chi connectivity index (χ2v) is 11.5. The van der Waals surface area contributed by atoms with Crippen LogP contribution in [0.3, 0.4) is 0 Å². The van der Waals surface area contributed by atoms with Gasteiger partial charge in [0, 0.05) is 56.1 Å². The van der Waals surface area contributed by atoms with Gasteiger partial charge in [0.05, 0.1) is 22.4 Å². The van der Waals surface area contributed by atoms with Crippen LogP contribution in [0.15, 0.2) is 18.2 Å². The number of anilines is 2. The molecule has 4 amide bonds. The Labute approximate surface area is 230 Å². The molecular weight excluding hydrogens is 530 g/mol. The molecule has 0 saturated heterocycles. The van der Waals surface area contributed by atoms with Crippen LogP contribution in [0.4, 0.5) is 11.4 Å². The maximum absolute atomic E-state index is 13.2. The van der Waals surface area contributed by atoms with Crippen molar-refractivity contribution in [2.24, 2.45) is 5.92 Å². The summed E-state index contributed by atoms with van der Waals surface area (Å²) in [5.74, 6) is -2.43. The molecule has 13 heteroatoms. The Balaban J connectivity index is 1.46. The van der Waals surface area contributed by atoms with Crippen LogP contribution in [0.25, 0.3) is 0 Å². The smallest absolute Gasteiger partial charge is 0.313 e. The average molecular weight is 562 g/mol. The molecule has 2 aromatic rings. The van der Waals surface area contributed by atoms with E-state index < -0.39 is 23.9 Å². The van der Waals surface area contributed by atoms with Crippen molar-refractivity contribution >= 4 is 57.9 Å². The van der Waals surface area contributed by atoms with Gasteiger partial charge in [-0.1, -0.05) is 11.6 Å². The Morgan fingerprint density at radius 3 is 2.61 bits per heavy atom. The Hall–Kier alpha value is -3.22. The van der Waals surface area contributed by atoms with Crippen LogP contribution in [0.5, 0.6) is 0 Å². The summed E-state index contributed by atoms with van der Waals surface area (Å²) in [6, 6.07) is 3.42. The number of benzene rings is 1. The van der Waals surface area contributed by atoms with E-state index in [1.807, 2.05) is 7.05 Å². The number of nitrogens with zero attached hydrogens (tertiary/aromatic N) is 3. The zero-order valence-electron chi connectivity index (χ0n) is 21.5. The van der Waals surface area contributed by atoms with Crippen molar-refractivity contribution in [3.05, 3.63) is 38.8 Å². The first kappa shape index (κ1) is 27.8. The number of hydrogen-bond donors (Lipinski definition) is 4. The van der Waals surface area contributed by atoms with Crippen LogP contribution in [0, 0.1) is 5.92 Å². The second-order valence-electron chi connectivity index (χ2n) is 9.97. The quantitative estimate of drug-likeness (QED) is 0.319. The molecule has 0 radical (unpaired) electrons. The third-order valence-corrected chi connectivity index (χ3v) is 8.28. The van der Waals surface area contributed by atoms with Crippen LogP contribution < -0.4 is 21.7 Å². The van der Waals surface area contributed by atoms with Crippen molar-refractivity contribution in [3.63, 3.8) is 0 Å². The summed E-state index contributed by atoms with van der Waals surface area (Å²) in [4.78, 5) is 60.5. The molecule has 5 N–H and O–H groups in total. The molecule has 2 heterocycles. The molecule has 11 nitrogen and oxygen atoms in total. The zero-order chi connectivity index (χ0) is 27.6. The molecule has 1 aliphatic heterocycles. The number of halogens is 1. The van der Waals surface area contributed by atoms with E-state index in [9.17, 15) is 19.2 Å². The fourth-order valence-corrected chi connectivity index (χ4v) is 5.99. The summed E-state index contributed by atoms with van der Waals surface area (Å²) in [5.41, 5.74) is 7.31. The van der Waals surface area contributed by atoms with Gasteiger partial charge in [0.25, 0.3) is 5.91 Å². The van der Waals surface area contributed by atoms with Gasteiger partial charge in [0.2, 0.25) is 5.91 Å². The Bertz CT molecular complexity index is 1250. The lowest BCUT2D eigenvalue weighted by Crippen LogP contribution is -2.57. The Morgan fingerprint density at radius 1 is 1.13 bits per heavy atom. The van der Waals surface area contributed by atoms with Crippen molar-refractivity contribution in [3.8, 4) is 0 Å². The number of nitrogen functional groups attached to an aromatic ring is 1. The normalized spacial score (nSPS) is 21.2. The van der Waals surface area contributed by atoms with Gasteiger partial charge in [-0.05, 0) is 44.5 Å². The molecule has 1 saturated carbocycles. The topological polar surface area (TPSA) is 150 Å². The number of carbonyl (C=O) groups is 4. The molecule has 204 valence electrons. The highest BCUT2D eigenvalue weighted by molar-refractivity contribution is 7.13. The molecule has 0 bridgehead atoms. The van der Waals surface area contributed by atoms with Crippen molar-refractivity contribution in [1.29, 1.82) is 0 Å². The summed E-state index contributed by atoms with van der Waals surface area (Å²) in [5, 5.41) is 8.92. The van der Waals surface area contributed by atoms with E-state index in [1.54, 1.807) is 14.1 Å². The van der Waals surface area contributed by atoms with E-state index in [0.29, 0.717) is 35.0 Å². The van der Waals surface area contributed by atoms with Crippen LogP contribution in [0.1, 0.15) is 39.6 Å². The number of carbonyl (C=O) groups excluding carboxylic acids is 4. The summed E-state index contributed by atoms with van der Waals surface area (Å²) in [6.07, 6.45) is 2.05. The number of thiazole rings is 1. The average Bonchev–Trinajstić information content (AvgIpc) is 3.30. The third-order valence-electron chi connectivity index (χ3n) is 6.85. The molecule has 38 heavy (non-hydrogen) atoms. The number of rotatable bonds is 5. The van der Waals surface area contributed by atoms with Crippen LogP contribution in [0.2, 0.25) is 5.02 Å². The van der Waals surface area contributed by atoms with Gasteiger partial charge in [0.15, 0.2) is 5.01 Å². The number of amides is 4. The molecule has 3 unspecified atom stereocenters. The summed E-state index contributed by atoms with van der Waals surface area (Å²) in [6.45, 7) is 1.63. The lowest BCUT2D eigenvalue weighted by molar-refractivity contribution is -0.137. The number of nitrogens with two attached hydrogens (primary N) is 1. The lowest BCUT2D eigenvalue weighted by atomic mass is 9.81. The maximum Gasteiger partial charge on any atom is 0.313 e. The summed E-state index contributed by atoms with van der Waals surface area (Å²) < 4.78 is 0. The highest BCUT2D eigenvalue weighted by atomic mass is 35.5. The van der Waals surface area contributed by atoms with Crippen molar-refractivity contribution in [2.45, 2.75) is 44.3 Å². The molecule has 1 aromatic heterocycles. The predicted molar refractivity (Wildman–Crippen MR) is 146 cm³/mol. The van der Waals surface area contributed by atoms with Gasteiger partial charge >= 0.3 is 11.8 Å². The maximum atomic E-state index is 13.2. The standard InChI is InChI=1S/C25H32ClN7O4S/c1-32(2)25(37)13-4-7-17(29-22(35)21(34)28-14-5-6-15(26)16(27)11-14)19(10-13)30-23(36)24-31-18-8-9-33(3)12-20(18)38-24/h5-6,11,13,17,19H,4,7-10,12,27H2,1-3H3,(H,28,34)(H,29,35)(H,30,36). The van der Waals surface area contributed by atoms with E-state index in [4.69, 9.17) is 17.3 Å². The Morgan fingerprint density at radius 2 is 1.89 bits per heavy atom. The molecule has 1 fully saturated rings. The van der Waals surface area contributed by atoms with Crippen LogP contribution in [-0.2, 0) is 27.3 Å². The first-order valence-corrected chi connectivity index (χ1v) is 13.6. The van der Waals surface area contributed by atoms with Crippen LogP contribution >= 0.6 is 22.9 Å². The lowest BCUT2D eigenvalue weighted by Gasteiger charge is -2.37. The Kier molecular flexibility index (Phi) is 8.54. The number of nitrogens with one attached hydrogen (secondary N) is 3. The summed E-state index contributed by atoms with van der Waals surface area (Å²) >= 11 is 7.28. The monoisotopic (exact) mass is 561 g/mol. The van der Waals surface area contributed by atoms with Crippen molar-refractivity contribution in [1.82, 2.24) is 25.4 Å². The van der Waals surface area contributed by atoms with E-state index in [-0.39, 0.29) is 23.4 Å². The minimum absolute atomic E-state index is 0.0418. The number of fused-ring (bicyclic) bond motifs is 1. The number of hydrogen-bond acceptors (Lipinski definition) is 8. The predicted octanol–water partition coefficient (Wildman–Crippen LogP) is 1.48. The molecule has 1 aromatic carbocycles. The van der Waals surface area contributed by atoms with Crippen molar-refractivity contribution in [2.75, 3.05) is 38.7 Å². The molecular formula is C25H32ClN7O4S. The number of aromatic nitrogens is 1. The SMILES string of the molecule is CN1CCc2nc(C(=O)NC3CC(C(=O)N(C)C)CCC3NC(=O)C(=O)Nc3ccc(Cl)c(N)c3)sc2C1. The minimum Gasteiger partial charge on any atom is -0.397 e. The highest BCUT2D eigenvalue weighted by Crippen LogP contribution is 2.28. The first-order chi connectivity index (χ1) is 18.0. The molecule has 3 atom stereocenters. The number of likely N-dealkylation sites (N-methyl/N-ethyl adjacent to an activating group) is 1. The molecule has 2 aliphatic rings. The highest BCUT2D eigenvalue weighted by Gasteiger charge is 2.37. The molecule has 0 spiro atoms. The largest absolute Gasteiger partial charge is 0.397 e. The van der Waals surface area contributed by atoms with Gasteiger partial charge in [-0.15, -0.1) is 11.3 Å². The van der Waals surface area contributed by atoms with Gasteiger partial charge in [0.1, 0.15) is 0 Å². The molecule has 4 rings (SSSR count). The van der Waals surface area contributed by atoms with E-state index >= 15 is 0 Å². The van der Waals surface area contributed by atoms with E-state index in [0.717, 1.165) is 30.1 Å². The van der Waals surface area contributed by atoms with Gasteiger partial charge in [-0.25, -0.2) is 4.98 Å². The second kappa shape index (κ2) is 11.7. The molecule has 1 aliphatic carbocycles. The summed E-state index contributed by atoms with van der Waals surface area (Å²) in [7, 11) is 5.40. The minimum atomic E-state index is -0.875. The van der Waals surface area contributed by atoms with Crippen LogP contribution in [-0.4, -0.2) is 78.2 Å². The van der Waals surface area contributed by atoms with Gasteiger partial charge in [-0.3, -0.25) is 19.2 Å². The first-order valence-electron chi connectivity index (χ1n) is 12.4. The van der Waals surface area contributed by atoms with Crippen molar-refractivity contribution < 1.29 is 19.2 Å². The van der Waals surface area contributed by atoms with E-state index in [2.05, 4.69) is 25.8 Å². The van der Waals surface area contributed by atoms with Gasteiger partial charge in [-0.2, -0.15) is 0 Å².